The summed E-state index contributed by atoms with van der Waals surface area (Å²) in [4.78, 5) is 16.5. The van der Waals surface area contributed by atoms with Gasteiger partial charge in [-0.25, -0.2) is 0 Å². The second-order valence-corrected chi connectivity index (χ2v) is 4.69. The average Bonchev–Trinajstić information content (AvgIpc) is 2.51. The van der Waals surface area contributed by atoms with Crippen LogP contribution in [0.25, 0.3) is 5.57 Å². The number of carbonyl (C=O) groups is 1. The molecule has 0 bridgehead atoms. The van der Waals surface area contributed by atoms with Gasteiger partial charge in [0.25, 0.3) is 5.91 Å². The Balaban J connectivity index is 2.28. The topological polar surface area (TPSA) is 118 Å². The zero-order valence-corrected chi connectivity index (χ0v) is 12.1. The molecule has 0 saturated heterocycles. The Morgan fingerprint density at radius 1 is 1.32 bits per heavy atom. The fourth-order valence-corrected chi connectivity index (χ4v) is 1.91. The summed E-state index contributed by atoms with van der Waals surface area (Å²) in [7, 11) is 0. The zero-order valence-electron chi connectivity index (χ0n) is 12.1. The summed E-state index contributed by atoms with van der Waals surface area (Å²) in [5.41, 5.74) is 13.8. The number of hydrogen-bond acceptors (Lipinski definition) is 4. The van der Waals surface area contributed by atoms with Gasteiger partial charge in [0.1, 0.15) is 5.84 Å². The van der Waals surface area contributed by atoms with E-state index >= 15 is 0 Å². The van der Waals surface area contributed by atoms with Crippen molar-refractivity contribution < 1.29 is 4.79 Å². The van der Waals surface area contributed by atoms with Crippen LogP contribution in [0.5, 0.6) is 0 Å². The molecule has 0 spiro atoms. The molecule has 0 fully saturated rings. The number of amidine groups is 1. The van der Waals surface area contributed by atoms with E-state index in [0.717, 1.165) is 5.56 Å². The number of hydrogen-bond donors (Lipinski definition) is 4. The summed E-state index contributed by atoms with van der Waals surface area (Å²) >= 11 is 0. The first-order chi connectivity index (χ1) is 10.5. The third-order valence-electron chi connectivity index (χ3n) is 3.15. The van der Waals surface area contributed by atoms with Crippen LogP contribution in [-0.2, 0) is 4.79 Å². The van der Waals surface area contributed by atoms with E-state index in [4.69, 9.17) is 16.9 Å². The zero-order chi connectivity index (χ0) is 16.1. The van der Waals surface area contributed by atoms with Crippen LogP contribution in [0.4, 0.5) is 5.69 Å². The summed E-state index contributed by atoms with van der Waals surface area (Å²) in [5.74, 6) is -0.431. The number of carbonyl (C=O) groups excluding carboxylic acids is 1. The van der Waals surface area contributed by atoms with Gasteiger partial charge in [0.05, 0.1) is 11.3 Å². The van der Waals surface area contributed by atoms with Crippen LogP contribution in [0.2, 0.25) is 0 Å². The van der Waals surface area contributed by atoms with Crippen molar-refractivity contribution in [3.8, 4) is 0 Å². The van der Waals surface area contributed by atoms with Gasteiger partial charge >= 0.3 is 0 Å². The standard InChI is InChI=1S/C16H17N5O/c1-10-5-6-11(15(18)19)8-14(10)21-16(22)12(9-17)13-4-2-3-7-20-13/h2-9H,17H2,1H3,(H3,18,19)(H,21,22)/b12-9+. The van der Waals surface area contributed by atoms with Gasteiger partial charge in [-0.15, -0.1) is 0 Å². The molecule has 6 heteroatoms. The molecule has 2 rings (SSSR count). The van der Waals surface area contributed by atoms with Gasteiger partial charge in [0.2, 0.25) is 0 Å². The molecule has 0 saturated carbocycles. The summed E-state index contributed by atoms with van der Waals surface area (Å²) in [6, 6.07) is 10.4. The third-order valence-corrected chi connectivity index (χ3v) is 3.15. The molecule has 0 aliphatic rings. The maximum Gasteiger partial charge on any atom is 0.259 e. The van der Waals surface area contributed by atoms with E-state index in [1.807, 2.05) is 6.92 Å². The predicted molar refractivity (Wildman–Crippen MR) is 87.2 cm³/mol. The number of nitrogens with one attached hydrogen (secondary N) is 2. The highest BCUT2D eigenvalue weighted by molar-refractivity contribution is 6.24. The molecule has 6 N–H and O–H groups in total. The van der Waals surface area contributed by atoms with Crippen LogP contribution < -0.4 is 16.8 Å². The van der Waals surface area contributed by atoms with Gasteiger partial charge in [-0.1, -0.05) is 18.2 Å². The van der Waals surface area contributed by atoms with E-state index in [-0.39, 0.29) is 17.3 Å². The fraction of sp³-hybridized carbons (Fsp3) is 0.0625. The number of amides is 1. The number of aromatic nitrogens is 1. The van der Waals surface area contributed by atoms with Crippen molar-refractivity contribution in [1.82, 2.24) is 4.98 Å². The molecular weight excluding hydrogens is 278 g/mol. The number of pyridine rings is 1. The molecule has 2 aromatic rings. The minimum Gasteiger partial charge on any atom is -0.404 e. The number of aryl methyl sites for hydroxylation is 1. The van der Waals surface area contributed by atoms with Crippen LogP contribution in [0.1, 0.15) is 16.8 Å². The van der Waals surface area contributed by atoms with E-state index in [9.17, 15) is 4.79 Å². The van der Waals surface area contributed by atoms with Crippen molar-refractivity contribution in [2.24, 2.45) is 11.5 Å². The number of nitrogens with zero attached hydrogens (tertiary/aromatic N) is 1. The van der Waals surface area contributed by atoms with Crippen LogP contribution in [-0.4, -0.2) is 16.7 Å². The number of benzene rings is 1. The summed E-state index contributed by atoms with van der Waals surface area (Å²) < 4.78 is 0. The first-order valence-electron chi connectivity index (χ1n) is 6.62. The Hall–Kier alpha value is -3.15. The van der Waals surface area contributed by atoms with E-state index in [2.05, 4.69) is 10.3 Å². The maximum atomic E-state index is 12.4. The Bertz CT molecular complexity index is 737. The van der Waals surface area contributed by atoms with Crippen molar-refractivity contribution in [3.05, 3.63) is 65.6 Å². The Morgan fingerprint density at radius 2 is 2.09 bits per heavy atom. The lowest BCUT2D eigenvalue weighted by molar-refractivity contribution is -0.111. The second kappa shape index (κ2) is 6.53. The van der Waals surface area contributed by atoms with Crippen molar-refractivity contribution in [3.63, 3.8) is 0 Å². The summed E-state index contributed by atoms with van der Waals surface area (Å²) in [5, 5.41) is 10.2. The van der Waals surface area contributed by atoms with Gasteiger partial charge in [-0.2, -0.15) is 0 Å². The number of anilines is 1. The monoisotopic (exact) mass is 295 g/mol. The lowest BCUT2D eigenvalue weighted by atomic mass is 10.1. The summed E-state index contributed by atoms with van der Waals surface area (Å²) in [6.45, 7) is 1.85. The van der Waals surface area contributed by atoms with E-state index in [0.29, 0.717) is 16.9 Å². The number of rotatable bonds is 4. The highest BCUT2D eigenvalue weighted by atomic mass is 16.1. The lowest BCUT2D eigenvalue weighted by Gasteiger charge is -2.11. The Kier molecular flexibility index (Phi) is 4.53. The molecule has 0 atom stereocenters. The van der Waals surface area contributed by atoms with Crippen LogP contribution in [0, 0.1) is 12.3 Å². The normalized spacial score (nSPS) is 11.0. The van der Waals surface area contributed by atoms with Gasteiger partial charge in [0, 0.05) is 23.6 Å². The van der Waals surface area contributed by atoms with Gasteiger partial charge < -0.3 is 16.8 Å². The van der Waals surface area contributed by atoms with E-state index < -0.39 is 0 Å². The van der Waals surface area contributed by atoms with Crippen molar-refractivity contribution in [1.29, 1.82) is 5.41 Å². The minimum atomic E-state index is -0.370. The lowest BCUT2D eigenvalue weighted by Crippen LogP contribution is -2.17. The van der Waals surface area contributed by atoms with Crippen molar-refractivity contribution in [2.75, 3.05) is 5.32 Å². The number of nitrogen functional groups attached to an aromatic ring is 1. The highest BCUT2D eigenvalue weighted by Crippen LogP contribution is 2.19. The first-order valence-corrected chi connectivity index (χ1v) is 6.62. The van der Waals surface area contributed by atoms with Crippen molar-refractivity contribution in [2.45, 2.75) is 6.92 Å². The number of nitrogens with two attached hydrogens (primary N) is 2. The molecule has 1 amide bonds. The molecule has 0 radical (unpaired) electrons. The average molecular weight is 295 g/mol. The SMILES string of the molecule is Cc1ccc(C(=N)N)cc1NC(=O)/C(=C/N)c1ccccn1. The van der Waals surface area contributed by atoms with Crippen LogP contribution in [0.15, 0.2) is 48.8 Å². The first kappa shape index (κ1) is 15.2. The van der Waals surface area contributed by atoms with Crippen LogP contribution >= 0.6 is 0 Å². The highest BCUT2D eigenvalue weighted by Gasteiger charge is 2.14. The molecular formula is C16H17N5O. The van der Waals surface area contributed by atoms with E-state index in [1.165, 1.54) is 6.20 Å². The molecule has 1 heterocycles. The third kappa shape index (κ3) is 3.29. The van der Waals surface area contributed by atoms with Gasteiger partial charge in [-0.05, 0) is 30.7 Å². The van der Waals surface area contributed by atoms with Gasteiger partial charge in [-0.3, -0.25) is 15.2 Å². The van der Waals surface area contributed by atoms with E-state index in [1.54, 1.807) is 42.6 Å². The minimum absolute atomic E-state index is 0.0604. The largest absolute Gasteiger partial charge is 0.404 e. The van der Waals surface area contributed by atoms with Crippen molar-refractivity contribution >= 4 is 23.0 Å². The molecule has 0 aliphatic carbocycles. The molecule has 6 nitrogen and oxygen atoms in total. The van der Waals surface area contributed by atoms with Crippen LogP contribution in [0.3, 0.4) is 0 Å². The second-order valence-electron chi connectivity index (χ2n) is 4.69. The molecule has 1 aromatic carbocycles. The smallest absolute Gasteiger partial charge is 0.259 e. The van der Waals surface area contributed by atoms with Gasteiger partial charge in [0.15, 0.2) is 0 Å². The molecule has 0 aliphatic heterocycles. The molecule has 112 valence electrons. The maximum absolute atomic E-state index is 12.4. The fourth-order valence-electron chi connectivity index (χ4n) is 1.91. The quantitative estimate of drug-likeness (QED) is 0.389. The molecule has 0 unspecified atom stereocenters. The molecule has 1 aromatic heterocycles. The molecule has 22 heavy (non-hydrogen) atoms. The summed E-state index contributed by atoms with van der Waals surface area (Å²) in [6.07, 6.45) is 2.82. The Morgan fingerprint density at radius 3 is 2.68 bits per heavy atom. The Labute approximate surface area is 128 Å². The predicted octanol–water partition coefficient (Wildman–Crippen LogP) is 1.61.